The average Bonchev–Trinajstić information content (AvgIpc) is 3.35. The van der Waals surface area contributed by atoms with Gasteiger partial charge in [-0.1, -0.05) is 24.3 Å². The van der Waals surface area contributed by atoms with Crippen molar-refractivity contribution in [1.29, 1.82) is 0 Å². The fourth-order valence-corrected chi connectivity index (χ4v) is 5.71. The van der Waals surface area contributed by atoms with Crippen molar-refractivity contribution in [2.45, 2.75) is 23.9 Å². The van der Waals surface area contributed by atoms with Crippen molar-refractivity contribution in [3.63, 3.8) is 0 Å². The van der Waals surface area contributed by atoms with Gasteiger partial charge in [0.15, 0.2) is 0 Å². The number of halogens is 1. The first-order valence-electron chi connectivity index (χ1n) is 9.09. The van der Waals surface area contributed by atoms with Gasteiger partial charge in [-0.2, -0.15) is 4.31 Å². The lowest BCUT2D eigenvalue weighted by molar-refractivity contribution is -0.122. The van der Waals surface area contributed by atoms with Gasteiger partial charge in [-0.3, -0.25) is 9.59 Å². The summed E-state index contributed by atoms with van der Waals surface area (Å²) in [5, 5.41) is 1.81. The predicted molar refractivity (Wildman–Crippen MR) is 111 cm³/mol. The van der Waals surface area contributed by atoms with Crippen molar-refractivity contribution in [2.75, 3.05) is 4.90 Å². The third kappa shape index (κ3) is 3.79. The first kappa shape index (κ1) is 20.4. The van der Waals surface area contributed by atoms with E-state index < -0.39 is 33.7 Å². The van der Waals surface area contributed by atoms with Crippen molar-refractivity contribution < 1.29 is 22.4 Å². The lowest BCUT2D eigenvalue weighted by Gasteiger charge is -2.26. The van der Waals surface area contributed by atoms with Crippen LogP contribution in [-0.4, -0.2) is 30.6 Å². The van der Waals surface area contributed by atoms with Crippen molar-refractivity contribution in [3.05, 3.63) is 82.8 Å². The molecule has 1 aliphatic rings. The van der Waals surface area contributed by atoms with Gasteiger partial charge in [0.05, 0.1) is 17.0 Å². The number of carbonyl (C=O) groups is 2. The number of hydrogen-bond donors (Lipinski definition) is 0. The average molecular weight is 445 g/mol. The van der Waals surface area contributed by atoms with Gasteiger partial charge < -0.3 is 0 Å². The molecule has 2 amide bonds. The summed E-state index contributed by atoms with van der Waals surface area (Å²) in [5.41, 5.74) is 0.210. The maximum atomic E-state index is 13.4. The number of imide groups is 1. The number of amides is 2. The standard InChI is InChI=1S/C21H17FN2O4S2/c22-15-8-10-16(11-9-15)24-20(25)13-19(21(24)26)23(14-17-5-4-12-29-17)30(27,28)18-6-2-1-3-7-18/h1-12,19H,13-14H2. The number of hydrogen-bond acceptors (Lipinski definition) is 5. The Hall–Kier alpha value is -2.88. The molecule has 1 saturated heterocycles. The van der Waals surface area contributed by atoms with Crippen LogP contribution in [0.2, 0.25) is 0 Å². The Labute approximate surface area is 177 Å². The van der Waals surface area contributed by atoms with Crippen LogP contribution in [0.5, 0.6) is 0 Å². The smallest absolute Gasteiger partial charge is 0.252 e. The van der Waals surface area contributed by atoms with Crippen LogP contribution in [0.1, 0.15) is 11.3 Å². The molecule has 2 heterocycles. The summed E-state index contributed by atoms with van der Waals surface area (Å²) in [6.45, 7) is -0.0319. The minimum Gasteiger partial charge on any atom is -0.274 e. The highest BCUT2D eigenvalue weighted by atomic mass is 32.2. The summed E-state index contributed by atoms with van der Waals surface area (Å²) < 4.78 is 41.1. The zero-order valence-electron chi connectivity index (χ0n) is 15.6. The lowest BCUT2D eigenvalue weighted by Crippen LogP contribution is -2.44. The zero-order chi connectivity index (χ0) is 21.3. The van der Waals surface area contributed by atoms with E-state index in [1.165, 1.54) is 35.6 Å². The van der Waals surface area contributed by atoms with Crippen molar-refractivity contribution in [3.8, 4) is 0 Å². The van der Waals surface area contributed by atoms with E-state index in [1.54, 1.807) is 30.3 Å². The second kappa shape index (κ2) is 8.10. The molecule has 30 heavy (non-hydrogen) atoms. The summed E-state index contributed by atoms with van der Waals surface area (Å²) in [6.07, 6.45) is -0.284. The van der Waals surface area contributed by atoms with Gasteiger partial charge in [-0.05, 0) is 47.8 Å². The molecule has 1 aromatic heterocycles. The summed E-state index contributed by atoms with van der Waals surface area (Å²) in [6, 6.07) is 15.1. The highest BCUT2D eigenvalue weighted by Gasteiger charge is 2.47. The fourth-order valence-electron chi connectivity index (χ4n) is 3.35. The number of carbonyl (C=O) groups excluding carboxylic acids is 2. The monoisotopic (exact) mass is 444 g/mol. The molecule has 4 rings (SSSR count). The van der Waals surface area contributed by atoms with Gasteiger partial charge in [-0.15, -0.1) is 11.3 Å². The molecule has 0 saturated carbocycles. The van der Waals surface area contributed by atoms with E-state index >= 15 is 0 Å². The minimum absolute atomic E-state index is 0.0319. The van der Waals surface area contributed by atoms with Crippen LogP contribution < -0.4 is 4.90 Å². The van der Waals surface area contributed by atoms with Crippen molar-refractivity contribution >= 4 is 38.9 Å². The normalized spacial score (nSPS) is 17.1. The van der Waals surface area contributed by atoms with E-state index in [2.05, 4.69) is 0 Å². The second-order valence-electron chi connectivity index (χ2n) is 6.71. The number of anilines is 1. The lowest BCUT2D eigenvalue weighted by atomic mass is 10.2. The van der Waals surface area contributed by atoms with Gasteiger partial charge in [0, 0.05) is 11.4 Å². The third-order valence-corrected chi connectivity index (χ3v) is 7.53. The van der Waals surface area contributed by atoms with E-state index in [9.17, 15) is 22.4 Å². The number of benzene rings is 2. The number of rotatable bonds is 6. The summed E-state index contributed by atoms with van der Waals surface area (Å²) in [7, 11) is -4.05. The van der Waals surface area contributed by atoms with Gasteiger partial charge in [0.2, 0.25) is 15.9 Å². The molecule has 1 fully saturated rings. The Balaban J connectivity index is 1.73. The first-order valence-corrected chi connectivity index (χ1v) is 11.4. The Kier molecular flexibility index (Phi) is 5.50. The van der Waals surface area contributed by atoms with Gasteiger partial charge >= 0.3 is 0 Å². The maximum Gasteiger partial charge on any atom is 0.252 e. The van der Waals surface area contributed by atoms with Gasteiger partial charge in [0.25, 0.3) is 5.91 Å². The highest BCUT2D eigenvalue weighted by molar-refractivity contribution is 7.89. The minimum atomic E-state index is -4.05. The third-order valence-electron chi connectivity index (χ3n) is 4.80. The van der Waals surface area contributed by atoms with E-state index in [0.717, 1.165) is 26.2 Å². The Morgan fingerprint density at radius 3 is 2.33 bits per heavy atom. The second-order valence-corrected chi connectivity index (χ2v) is 9.63. The van der Waals surface area contributed by atoms with Crippen LogP contribution in [0.15, 0.2) is 77.0 Å². The van der Waals surface area contributed by atoms with E-state index in [-0.39, 0.29) is 23.5 Å². The molecule has 0 bridgehead atoms. The Bertz CT molecular complexity index is 1160. The van der Waals surface area contributed by atoms with Gasteiger partial charge in [-0.25, -0.2) is 17.7 Å². The molecule has 1 unspecified atom stereocenters. The first-order chi connectivity index (χ1) is 14.4. The maximum absolute atomic E-state index is 13.4. The van der Waals surface area contributed by atoms with Crippen LogP contribution >= 0.6 is 11.3 Å². The molecule has 1 atom stereocenters. The summed E-state index contributed by atoms with van der Waals surface area (Å²) in [4.78, 5) is 27.5. The topological polar surface area (TPSA) is 74.8 Å². The van der Waals surface area contributed by atoms with Crippen LogP contribution in [-0.2, 0) is 26.2 Å². The number of nitrogens with zero attached hydrogens (tertiary/aromatic N) is 2. The number of thiophene rings is 1. The van der Waals surface area contributed by atoms with Crippen LogP contribution in [0.3, 0.4) is 0 Å². The molecule has 9 heteroatoms. The highest BCUT2D eigenvalue weighted by Crippen LogP contribution is 2.31. The fraction of sp³-hybridized carbons (Fsp3) is 0.143. The molecular formula is C21H17FN2O4S2. The van der Waals surface area contributed by atoms with Crippen LogP contribution in [0.4, 0.5) is 10.1 Å². The van der Waals surface area contributed by atoms with E-state index in [4.69, 9.17) is 0 Å². The molecule has 0 aliphatic carbocycles. The molecule has 154 valence electrons. The zero-order valence-corrected chi connectivity index (χ0v) is 17.3. The number of sulfonamides is 1. The molecule has 1 aliphatic heterocycles. The van der Waals surface area contributed by atoms with Crippen molar-refractivity contribution in [2.24, 2.45) is 0 Å². The molecule has 6 nitrogen and oxygen atoms in total. The van der Waals surface area contributed by atoms with Gasteiger partial charge in [0.1, 0.15) is 11.9 Å². The molecule has 2 aromatic carbocycles. The Morgan fingerprint density at radius 1 is 1.00 bits per heavy atom. The Morgan fingerprint density at radius 2 is 1.70 bits per heavy atom. The van der Waals surface area contributed by atoms with Crippen LogP contribution in [0.25, 0.3) is 0 Å². The predicted octanol–water partition coefficient (Wildman–Crippen LogP) is 3.41. The van der Waals surface area contributed by atoms with Crippen molar-refractivity contribution in [1.82, 2.24) is 4.31 Å². The SMILES string of the molecule is O=C1CC(N(Cc2cccs2)S(=O)(=O)c2ccccc2)C(=O)N1c1ccc(F)cc1. The summed E-state index contributed by atoms with van der Waals surface area (Å²) >= 11 is 1.36. The van der Waals surface area contributed by atoms with E-state index in [1.807, 2.05) is 5.38 Å². The molecular weight excluding hydrogens is 427 g/mol. The molecule has 3 aromatic rings. The molecule has 0 radical (unpaired) electrons. The molecule has 0 N–H and O–H groups in total. The van der Waals surface area contributed by atoms with Crippen LogP contribution in [0, 0.1) is 5.82 Å². The largest absolute Gasteiger partial charge is 0.274 e. The summed E-state index contributed by atoms with van der Waals surface area (Å²) in [5.74, 6) is -1.68. The van der Waals surface area contributed by atoms with E-state index in [0.29, 0.717) is 0 Å². The quantitative estimate of drug-likeness (QED) is 0.546. The molecule has 0 spiro atoms.